The van der Waals surface area contributed by atoms with Gasteiger partial charge in [-0.2, -0.15) is 0 Å². The predicted octanol–water partition coefficient (Wildman–Crippen LogP) is -7.57. The third kappa shape index (κ3) is 5.52. The summed E-state index contributed by atoms with van der Waals surface area (Å²) in [5.41, 5.74) is 0. The molecular formula is C18H32O16. The molecule has 0 unspecified atom stereocenters. The first kappa shape index (κ1) is 27.9. The van der Waals surface area contributed by atoms with Crippen LogP contribution < -0.4 is 0 Å². The van der Waals surface area contributed by atoms with E-state index in [9.17, 15) is 51.1 Å². The Morgan fingerprint density at radius 1 is 0.588 bits per heavy atom. The van der Waals surface area contributed by atoms with Gasteiger partial charge in [-0.05, 0) is 0 Å². The van der Waals surface area contributed by atoms with Crippen molar-refractivity contribution in [1.82, 2.24) is 0 Å². The summed E-state index contributed by atoms with van der Waals surface area (Å²) < 4.78 is 26.2. The van der Waals surface area contributed by atoms with Gasteiger partial charge in [0.2, 0.25) is 0 Å². The second kappa shape index (κ2) is 11.6. The van der Waals surface area contributed by atoms with Crippen LogP contribution in [0.3, 0.4) is 0 Å². The van der Waals surface area contributed by atoms with Gasteiger partial charge in [0.15, 0.2) is 18.9 Å². The van der Waals surface area contributed by atoms with Crippen LogP contribution in [-0.4, -0.2) is 168 Å². The molecule has 3 saturated heterocycles. The van der Waals surface area contributed by atoms with Crippen molar-refractivity contribution >= 4 is 0 Å². The van der Waals surface area contributed by atoms with E-state index in [0.717, 1.165) is 0 Å². The molecule has 16 heteroatoms. The lowest BCUT2D eigenvalue weighted by atomic mass is 10.0. The first-order valence-electron chi connectivity index (χ1n) is 10.6. The molecule has 0 saturated carbocycles. The molecule has 0 spiro atoms. The van der Waals surface area contributed by atoms with Crippen molar-refractivity contribution in [3.05, 3.63) is 0 Å². The number of hydrogen-bond donors (Lipinski definition) is 11. The summed E-state index contributed by atoms with van der Waals surface area (Å²) in [6.45, 7) is -2.25. The highest BCUT2D eigenvalue weighted by Crippen LogP contribution is 2.33. The second-order valence-electron chi connectivity index (χ2n) is 8.38. The molecule has 15 atom stereocenters. The maximum atomic E-state index is 10.6. The summed E-state index contributed by atoms with van der Waals surface area (Å²) in [4.78, 5) is 0. The lowest BCUT2D eigenvalue weighted by Crippen LogP contribution is -2.47. The first-order valence-corrected chi connectivity index (χ1v) is 10.6. The van der Waals surface area contributed by atoms with Crippen molar-refractivity contribution in [2.45, 2.75) is 92.1 Å². The molecule has 0 amide bonds. The lowest BCUT2D eigenvalue weighted by molar-refractivity contribution is -0.226. The number of aliphatic hydroxyl groups is 11. The zero-order chi connectivity index (χ0) is 25.3. The predicted molar refractivity (Wildman–Crippen MR) is 101 cm³/mol. The zero-order valence-corrected chi connectivity index (χ0v) is 17.7. The van der Waals surface area contributed by atoms with Crippen molar-refractivity contribution in [3.63, 3.8) is 0 Å². The van der Waals surface area contributed by atoms with E-state index in [1.54, 1.807) is 0 Å². The molecule has 3 rings (SSSR count). The number of hydrogen-bond acceptors (Lipinski definition) is 16. The van der Waals surface area contributed by atoms with Gasteiger partial charge in [-0.25, -0.2) is 0 Å². The molecule has 0 aromatic heterocycles. The van der Waals surface area contributed by atoms with Crippen LogP contribution in [0.15, 0.2) is 0 Å². The Kier molecular flexibility index (Phi) is 9.54. The molecule has 0 bridgehead atoms. The fraction of sp³-hybridized carbons (Fsp3) is 1.00. The summed E-state index contributed by atoms with van der Waals surface area (Å²) in [5, 5.41) is 108. The molecule has 3 aliphatic rings. The quantitative estimate of drug-likeness (QED) is 0.132. The molecule has 200 valence electrons. The fourth-order valence-corrected chi connectivity index (χ4v) is 4.02. The Bertz CT molecular complexity index is 641. The van der Waals surface area contributed by atoms with Crippen LogP contribution in [0.4, 0.5) is 0 Å². The van der Waals surface area contributed by atoms with E-state index in [1.165, 1.54) is 0 Å². The van der Waals surface area contributed by atoms with E-state index in [4.69, 9.17) is 28.8 Å². The van der Waals surface area contributed by atoms with Crippen molar-refractivity contribution in [2.24, 2.45) is 0 Å². The Labute approximate surface area is 192 Å². The molecular weight excluding hydrogens is 472 g/mol. The third-order valence-electron chi connectivity index (χ3n) is 6.00. The van der Waals surface area contributed by atoms with E-state index in [2.05, 4.69) is 0 Å². The normalized spacial score (nSPS) is 47.7. The van der Waals surface area contributed by atoms with Gasteiger partial charge in [0.25, 0.3) is 0 Å². The summed E-state index contributed by atoms with van der Waals surface area (Å²) in [7, 11) is 0. The van der Waals surface area contributed by atoms with Crippen LogP contribution in [0.5, 0.6) is 0 Å². The minimum atomic E-state index is -1.73. The van der Waals surface area contributed by atoms with Crippen LogP contribution in [0.25, 0.3) is 0 Å². The highest BCUT2D eigenvalue weighted by molar-refractivity contribution is 4.96. The maximum absolute atomic E-state index is 10.6. The van der Waals surface area contributed by atoms with Crippen molar-refractivity contribution in [2.75, 3.05) is 19.8 Å². The van der Waals surface area contributed by atoms with Gasteiger partial charge in [0.05, 0.1) is 19.8 Å². The van der Waals surface area contributed by atoms with Gasteiger partial charge in [-0.1, -0.05) is 0 Å². The standard InChI is InChI=1S/C18H32O16/c19-1-4(21)12-8(25)10(27)18(32-12)34-15-11(28)17(33-14(15)5(22)2-20)30-3-6(23)13-7(24)9(26)16(29)31-13/h4-29H,1-3H2/t4-,5-,6-,7-,8-,9-,10-,11-,12+,13+,14+,15-,16-,17-,18+/m1/s1. The molecule has 3 heterocycles. The van der Waals surface area contributed by atoms with Gasteiger partial charge in [-0.3, -0.25) is 0 Å². The SMILES string of the molecule is OC[C@@H](O)[C@@H]1O[C@@H](O[C@@H]2[C@@H](O)[C@H](OC[C@@H](O)[C@@H]3O[C@@H](O)[C@H](O)[C@H]3O)O[C@H]2[C@H](O)CO)[C@H](O)[C@H]1O. The topological polar surface area (TPSA) is 269 Å². The van der Waals surface area contributed by atoms with Gasteiger partial charge in [-0.15, -0.1) is 0 Å². The van der Waals surface area contributed by atoms with Gasteiger partial charge in [0.1, 0.15) is 73.2 Å². The monoisotopic (exact) mass is 504 g/mol. The molecule has 0 aromatic carbocycles. The van der Waals surface area contributed by atoms with Crippen LogP contribution in [-0.2, 0) is 23.7 Å². The fourth-order valence-electron chi connectivity index (χ4n) is 4.02. The molecule has 3 fully saturated rings. The minimum absolute atomic E-state index is 0.635. The van der Waals surface area contributed by atoms with Crippen molar-refractivity contribution < 1.29 is 79.9 Å². The van der Waals surface area contributed by atoms with E-state index >= 15 is 0 Å². The molecule has 11 N–H and O–H groups in total. The Hall–Kier alpha value is -0.640. The molecule has 0 aliphatic carbocycles. The number of rotatable bonds is 10. The van der Waals surface area contributed by atoms with Gasteiger partial charge < -0.3 is 79.9 Å². The maximum Gasteiger partial charge on any atom is 0.187 e. The van der Waals surface area contributed by atoms with Crippen LogP contribution in [0.1, 0.15) is 0 Å². The van der Waals surface area contributed by atoms with E-state index in [1.807, 2.05) is 0 Å². The first-order chi connectivity index (χ1) is 16.0. The summed E-state index contributed by atoms with van der Waals surface area (Å²) >= 11 is 0. The average molecular weight is 504 g/mol. The van der Waals surface area contributed by atoms with E-state index in [-0.39, 0.29) is 0 Å². The second-order valence-corrected chi connectivity index (χ2v) is 8.38. The van der Waals surface area contributed by atoms with Gasteiger partial charge in [0, 0.05) is 0 Å². The van der Waals surface area contributed by atoms with Crippen LogP contribution >= 0.6 is 0 Å². The largest absolute Gasteiger partial charge is 0.394 e. The van der Waals surface area contributed by atoms with Crippen LogP contribution in [0.2, 0.25) is 0 Å². The van der Waals surface area contributed by atoms with Crippen molar-refractivity contribution in [3.8, 4) is 0 Å². The molecule has 3 aliphatic heterocycles. The average Bonchev–Trinajstić information content (AvgIpc) is 3.39. The number of aliphatic hydroxyl groups excluding tert-OH is 11. The smallest absolute Gasteiger partial charge is 0.187 e. The third-order valence-corrected chi connectivity index (χ3v) is 6.00. The Morgan fingerprint density at radius 3 is 1.68 bits per heavy atom. The highest BCUT2D eigenvalue weighted by atomic mass is 16.8. The van der Waals surface area contributed by atoms with Crippen LogP contribution in [0, 0.1) is 0 Å². The van der Waals surface area contributed by atoms with E-state index in [0.29, 0.717) is 0 Å². The van der Waals surface area contributed by atoms with Gasteiger partial charge >= 0.3 is 0 Å². The summed E-state index contributed by atoms with van der Waals surface area (Å²) in [5.74, 6) is 0. The summed E-state index contributed by atoms with van der Waals surface area (Å²) in [6, 6.07) is 0. The zero-order valence-electron chi connectivity index (χ0n) is 17.7. The Balaban J connectivity index is 1.63. The molecule has 0 aromatic rings. The van der Waals surface area contributed by atoms with E-state index < -0.39 is 112 Å². The highest BCUT2D eigenvalue weighted by Gasteiger charge is 2.54. The molecule has 16 nitrogen and oxygen atoms in total. The van der Waals surface area contributed by atoms with Crippen molar-refractivity contribution in [1.29, 1.82) is 0 Å². The Morgan fingerprint density at radius 2 is 1.12 bits per heavy atom. The lowest BCUT2D eigenvalue weighted by Gasteiger charge is -2.27. The summed E-state index contributed by atoms with van der Waals surface area (Å²) in [6.07, 6.45) is -23.8. The molecule has 0 radical (unpaired) electrons. The minimum Gasteiger partial charge on any atom is -0.394 e. The molecule has 34 heavy (non-hydrogen) atoms. The number of ether oxygens (including phenoxy) is 5.